The van der Waals surface area contributed by atoms with Crippen molar-refractivity contribution in [3.63, 3.8) is 0 Å². The van der Waals surface area contributed by atoms with Gasteiger partial charge in [-0.1, -0.05) is 6.92 Å². The van der Waals surface area contributed by atoms with Gasteiger partial charge >= 0.3 is 5.97 Å². The Bertz CT molecular complexity index is 403. The topological polar surface area (TPSA) is 81.4 Å². The summed E-state index contributed by atoms with van der Waals surface area (Å²) in [4.78, 5) is 23.4. The molecule has 0 saturated heterocycles. The maximum atomic E-state index is 11.6. The lowest BCUT2D eigenvalue weighted by atomic mass is 10.1. The maximum Gasteiger partial charge on any atom is 0.350 e. The number of methoxy groups -OCH3 is 1. The van der Waals surface area contributed by atoms with Crippen LogP contribution in [0.5, 0.6) is 0 Å². The molecule has 0 radical (unpaired) electrons. The zero-order valence-electron chi connectivity index (χ0n) is 9.86. The van der Waals surface area contributed by atoms with Gasteiger partial charge in [0.2, 0.25) is 5.91 Å². The number of nitrogens with two attached hydrogens (primary N) is 1. The molecule has 1 rings (SSSR count). The fraction of sp³-hybridized carbons (Fsp3) is 0.455. The first-order valence-corrected chi connectivity index (χ1v) is 6.12. The largest absolute Gasteiger partial charge is 0.465 e. The molecule has 0 aliphatic heterocycles. The number of carbonyl (C=O) groups excluding carboxylic acids is 2. The minimum absolute atomic E-state index is 0.121. The van der Waals surface area contributed by atoms with Gasteiger partial charge in [-0.15, -0.1) is 11.3 Å². The molecule has 0 fully saturated rings. The molecule has 0 aromatic carbocycles. The third-order valence-electron chi connectivity index (χ3n) is 2.25. The second-order valence-electron chi connectivity index (χ2n) is 3.75. The van der Waals surface area contributed by atoms with Gasteiger partial charge in [0.15, 0.2) is 0 Å². The lowest BCUT2D eigenvalue weighted by Gasteiger charge is -2.09. The van der Waals surface area contributed by atoms with Crippen molar-refractivity contribution in [2.75, 3.05) is 19.0 Å². The highest BCUT2D eigenvalue weighted by atomic mass is 32.1. The molecule has 6 heteroatoms. The summed E-state index contributed by atoms with van der Waals surface area (Å²) in [5.41, 5.74) is 5.94. The van der Waals surface area contributed by atoms with Gasteiger partial charge in [0, 0.05) is 6.42 Å². The molecule has 1 atom stereocenters. The molecule has 0 aliphatic carbocycles. The number of hydrogen-bond acceptors (Lipinski definition) is 5. The normalized spacial score (nSPS) is 11.9. The fourth-order valence-corrected chi connectivity index (χ4v) is 2.03. The molecule has 3 N–H and O–H groups in total. The van der Waals surface area contributed by atoms with Crippen LogP contribution in [0.3, 0.4) is 0 Å². The van der Waals surface area contributed by atoms with Gasteiger partial charge in [-0.2, -0.15) is 0 Å². The van der Waals surface area contributed by atoms with Crippen LogP contribution in [0.1, 0.15) is 23.0 Å². The lowest BCUT2D eigenvalue weighted by molar-refractivity contribution is -0.116. The van der Waals surface area contributed by atoms with Crippen LogP contribution < -0.4 is 11.1 Å². The number of nitrogens with one attached hydrogen (secondary N) is 1. The zero-order chi connectivity index (χ0) is 12.8. The molecule has 0 spiro atoms. The van der Waals surface area contributed by atoms with Crippen LogP contribution >= 0.6 is 11.3 Å². The van der Waals surface area contributed by atoms with Crippen molar-refractivity contribution in [1.82, 2.24) is 0 Å². The predicted octanol–water partition coefficient (Wildman–Crippen LogP) is 1.46. The van der Waals surface area contributed by atoms with Crippen molar-refractivity contribution in [2.45, 2.75) is 13.3 Å². The van der Waals surface area contributed by atoms with Gasteiger partial charge in [0.1, 0.15) is 4.88 Å². The minimum atomic E-state index is -0.442. The van der Waals surface area contributed by atoms with Crippen molar-refractivity contribution < 1.29 is 14.3 Å². The molecular formula is C11H16N2O3S. The van der Waals surface area contributed by atoms with E-state index in [-0.39, 0.29) is 11.8 Å². The quantitative estimate of drug-likeness (QED) is 0.781. The maximum absolute atomic E-state index is 11.6. The summed E-state index contributed by atoms with van der Waals surface area (Å²) in [5.74, 6) is -0.469. The number of hydrogen-bond donors (Lipinski definition) is 2. The predicted molar refractivity (Wildman–Crippen MR) is 67.1 cm³/mol. The molecule has 1 aromatic heterocycles. The summed E-state index contributed by atoms with van der Waals surface area (Å²) < 4.78 is 4.62. The fourth-order valence-electron chi connectivity index (χ4n) is 1.26. The highest BCUT2D eigenvalue weighted by Crippen LogP contribution is 2.23. The Balaban J connectivity index is 2.66. The molecule has 17 heavy (non-hydrogen) atoms. The smallest absolute Gasteiger partial charge is 0.350 e. The van der Waals surface area contributed by atoms with Crippen LogP contribution in [-0.2, 0) is 9.53 Å². The minimum Gasteiger partial charge on any atom is -0.465 e. The van der Waals surface area contributed by atoms with E-state index in [0.717, 1.165) is 0 Å². The van der Waals surface area contributed by atoms with Crippen LogP contribution in [0.2, 0.25) is 0 Å². The average molecular weight is 256 g/mol. The summed E-state index contributed by atoms with van der Waals surface area (Å²) in [7, 11) is 1.31. The van der Waals surface area contributed by atoms with E-state index in [0.29, 0.717) is 23.5 Å². The van der Waals surface area contributed by atoms with Gasteiger partial charge < -0.3 is 15.8 Å². The van der Waals surface area contributed by atoms with E-state index in [1.165, 1.54) is 18.4 Å². The van der Waals surface area contributed by atoms with E-state index in [2.05, 4.69) is 10.1 Å². The molecule has 0 saturated carbocycles. The first kappa shape index (κ1) is 13.7. The second-order valence-corrected chi connectivity index (χ2v) is 4.66. The van der Waals surface area contributed by atoms with Crippen molar-refractivity contribution in [3.05, 3.63) is 16.3 Å². The van der Waals surface area contributed by atoms with Gasteiger partial charge in [0.05, 0.1) is 12.8 Å². The Labute approximate surface area is 104 Å². The number of carbonyl (C=O) groups is 2. The highest BCUT2D eigenvalue weighted by Gasteiger charge is 2.16. The van der Waals surface area contributed by atoms with Gasteiger partial charge in [-0.3, -0.25) is 4.79 Å². The van der Waals surface area contributed by atoms with Crippen LogP contribution in [0.15, 0.2) is 11.4 Å². The van der Waals surface area contributed by atoms with E-state index >= 15 is 0 Å². The SMILES string of the molecule is COC(=O)c1sccc1NC(=O)CC(C)CN. The number of amides is 1. The number of ether oxygens (including phenoxy) is 1. The Kier molecular flexibility index (Phi) is 5.11. The van der Waals surface area contributed by atoms with Gasteiger partial charge in [-0.05, 0) is 23.9 Å². The zero-order valence-corrected chi connectivity index (χ0v) is 10.7. The third-order valence-corrected chi connectivity index (χ3v) is 3.14. The Morgan fingerprint density at radius 3 is 2.88 bits per heavy atom. The van der Waals surface area contributed by atoms with E-state index in [1.54, 1.807) is 11.4 Å². The number of esters is 1. The second kappa shape index (κ2) is 6.36. The number of rotatable bonds is 5. The summed E-state index contributed by atoms with van der Waals surface area (Å²) in [5, 5.41) is 4.42. The molecule has 0 bridgehead atoms. The Morgan fingerprint density at radius 1 is 1.59 bits per heavy atom. The Hall–Kier alpha value is -1.40. The summed E-state index contributed by atoms with van der Waals surface area (Å²) >= 11 is 1.23. The average Bonchev–Trinajstić information content (AvgIpc) is 2.75. The molecule has 94 valence electrons. The van der Waals surface area contributed by atoms with Crippen molar-refractivity contribution >= 4 is 28.9 Å². The van der Waals surface area contributed by atoms with E-state index < -0.39 is 5.97 Å². The molecular weight excluding hydrogens is 240 g/mol. The third kappa shape index (κ3) is 3.83. The Morgan fingerprint density at radius 2 is 2.29 bits per heavy atom. The highest BCUT2D eigenvalue weighted by molar-refractivity contribution is 7.12. The molecule has 5 nitrogen and oxygen atoms in total. The number of thiophene rings is 1. The van der Waals surface area contributed by atoms with Crippen LogP contribution in [0, 0.1) is 5.92 Å². The molecule has 1 unspecified atom stereocenters. The first-order chi connectivity index (χ1) is 8.08. The van der Waals surface area contributed by atoms with Crippen LogP contribution in [0.25, 0.3) is 0 Å². The summed E-state index contributed by atoms with van der Waals surface area (Å²) in [6, 6.07) is 1.68. The summed E-state index contributed by atoms with van der Waals surface area (Å²) in [6.07, 6.45) is 0.340. The van der Waals surface area contributed by atoms with Gasteiger partial charge in [-0.25, -0.2) is 4.79 Å². The van der Waals surface area contributed by atoms with Crippen molar-refractivity contribution in [3.8, 4) is 0 Å². The van der Waals surface area contributed by atoms with Crippen molar-refractivity contribution in [2.24, 2.45) is 11.7 Å². The summed E-state index contributed by atoms with van der Waals surface area (Å²) in [6.45, 7) is 2.36. The number of anilines is 1. The van der Waals surface area contributed by atoms with Gasteiger partial charge in [0.25, 0.3) is 0 Å². The van der Waals surface area contributed by atoms with E-state index in [9.17, 15) is 9.59 Å². The molecule has 1 aromatic rings. The lowest BCUT2D eigenvalue weighted by Crippen LogP contribution is -2.20. The standard InChI is InChI=1S/C11H16N2O3S/c1-7(6-12)5-9(14)13-8-3-4-17-10(8)11(15)16-2/h3-4,7H,5-6,12H2,1-2H3,(H,13,14). The molecule has 0 aliphatic rings. The van der Waals surface area contributed by atoms with E-state index in [4.69, 9.17) is 5.73 Å². The first-order valence-electron chi connectivity index (χ1n) is 5.24. The monoisotopic (exact) mass is 256 g/mol. The molecule has 1 heterocycles. The van der Waals surface area contributed by atoms with Crippen molar-refractivity contribution in [1.29, 1.82) is 0 Å². The molecule has 1 amide bonds. The van der Waals surface area contributed by atoms with Crippen LogP contribution in [0.4, 0.5) is 5.69 Å². The van der Waals surface area contributed by atoms with E-state index in [1.807, 2.05) is 6.92 Å². The van der Waals surface area contributed by atoms with Crippen LogP contribution in [-0.4, -0.2) is 25.5 Å².